The van der Waals surface area contributed by atoms with Gasteiger partial charge in [-0.1, -0.05) is 6.42 Å². The molecule has 8 heteroatoms. The highest BCUT2D eigenvalue weighted by atomic mass is 32.2. The number of hydrogen-bond donors (Lipinski definition) is 3. The molecule has 0 bridgehead atoms. The van der Waals surface area contributed by atoms with Crippen LogP contribution in [0.1, 0.15) is 29.6 Å². The fourth-order valence-electron chi connectivity index (χ4n) is 2.24. The second-order valence-corrected chi connectivity index (χ2v) is 6.24. The molecule has 1 aliphatic heterocycles. The van der Waals surface area contributed by atoms with Gasteiger partial charge >= 0.3 is 0 Å². The number of rotatable bonds is 5. The molecule has 0 radical (unpaired) electrons. The van der Waals surface area contributed by atoms with E-state index in [-0.39, 0.29) is 11.3 Å². The Hall–Kier alpha value is -1.80. The van der Waals surface area contributed by atoms with Gasteiger partial charge in [-0.25, -0.2) is 0 Å². The van der Waals surface area contributed by atoms with Gasteiger partial charge in [0.15, 0.2) is 0 Å². The first kappa shape index (κ1) is 15.6. The van der Waals surface area contributed by atoms with Crippen LogP contribution in [-0.2, 0) is 0 Å². The Balaban J connectivity index is 2.07. The van der Waals surface area contributed by atoms with Crippen molar-refractivity contribution in [3.63, 3.8) is 0 Å². The van der Waals surface area contributed by atoms with Gasteiger partial charge in [0.25, 0.3) is 11.6 Å². The van der Waals surface area contributed by atoms with E-state index in [4.69, 9.17) is 5.84 Å². The van der Waals surface area contributed by atoms with Crippen molar-refractivity contribution in [3.05, 3.63) is 33.9 Å². The minimum Gasteiger partial charge on any atom is -0.351 e. The number of nitro benzene ring substituents is 1. The number of hydrazine groups is 1. The number of amides is 1. The van der Waals surface area contributed by atoms with Gasteiger partial charge in [0.05, 0.1) is 4.92 Å². The number of nitro groups is 1. The predicted molar refractivity (Wildman–Crippen MR) is 83.3 cm³/mol. The van der Waals surface area contributed by atoms with E-state index < -0.39 is 10.8 Å². The molecule has 0 saturated carbocycles. The van der Waals surface area contributed by atoms with E-state index in [1.807, 2.05) is 11.8 Å². The third-order valence-corrected chi connectivity index (χ3v) is 4.77. The van der Waals surface area contributed by atoms with Crippen molar-refractivity contribution in [2.24, 2.45) is 5.84 Å². The highest BCUT2D eigenvalue weighted by molar-refractivity contribution is 7.99. The molecule has 2 rings (SSSR count). The summed E-state index contributed by atoms with van der Waals surface area (Å²) in [6.07, 6.45) is 3.45. The van der Waals surface area contributed by atoms with E-state index in [9.17, 15) is 14.9 Å². The number of benzene rings is 1. The minimum absolute atomic E-state index is 0.0243. The topological polar surface area (TPSA) is 110 Å². The molecule has 1 fully saturated rings. The predicted octanol–water partition coefficient (Wildman–Crippen LogP) is 1.90. The summed E-state index contributed by atoms with van der Waals surface area (Å²) < 4.78 is 0. The zero-order valence-corrected chi connectivity index (χ0v) is 12.3. The molecule has 7 nitrogen and oxygen atoms in total. The molecular weight excluding hydrogens is 292 g/mol. The maximum absolute atomic E-state index is 12.2. The lowest BCUT2D eigenvalue weighted by Crippen LogP contribution is -2.32. The van der Waals surface area contributed by atoms with E-state index in [2.05, 4.69) is 10.7 Å². The van der Waals surface area contributed by atoms with Gasteiger partial charge in [-0.05, 0) is 30.7 Å². The van der Waals surface area contributed by atoms with Crippen LogP contribution in [0.2, 0.25) is 0 Å². The lowest BCUT2D eigenvalue weighted by Gasteiger charge is -2.21. The number of thioether (sulfide) groups is 1. The molecule has 1 aliphatic rings. The van der Waals surface area contributed by atoms with E-state index in [0.717, 1.165) is 12.2 Å². The van der Waals surface area contributed by atoms with Crippen molar-refractivity contribution in [3.8, 4) is 0 Å². The van der Waals surface area contributed by atoms with Gasteiger partial charge in [-0.3, -0.25) is 20.8 Å². The Labute approximate surface area is 126 Å². The van der Waals surface area contributed by atoms with E-state index in [1.54, 1.807) is 0 Å². The molecule has 1 saturated heterocycles. The molecule has 4 N–H and O–H groups in total. The molecule has 1 unspecified atom stereocenters. The summed E-state index contributed by atoms with van der Waals surface area (Å²) in [5.41, 5.74) is 2.65. The number of nitrogen functional groups attached to an aromatic ring is 1. The van der Waals surface area contributed by atoms with Crippen molar-refractivity contribution in [1.82, 2.24) is 5.32 Å². The third-order valence-electron chi connectivity index (χ3n) is 3.37. The van der Waals surface area contributed by atoms with Crippen molar-refractivity contribution < 1.29 is 9.72 Å². The largest absolute Gasteiger partial charge is 0.351 e. The lowest BCUT2D eigenvalue weighted by molar-refractivity contribution is -0.385. The minimum atomic E-state index is -0.565. The Morgan fingerprint density at radius 3 is 2.90 bits per heavy atom. The number of carbonyl (C=O) groups is 1. The maximum atomic E-state index is 12.2. The normalized spacial score (nSPS) is 18.0. The first-order valence-electron chi connectivity index (χ1n) is 6.76. The Morgan fingerprint density at radius 2 is 2.29 bits per heavy atom. The number of nitrogens with zero attached hydrogens (tertiary/aromatic N) is 1. The average molecular weight is 310 g/mol. The molecule has 114 valence electrons. The summed E-state index contributed by atoms with van der Waals surface area (Å²) in [4.78, 5) is 22.6. The molecule has 1 amide bonds. The average Bonchev–Trinajstić information content (AvgIpc) is 2.52. The van der Waals surface area contributed by atoms with E-state index in [1.165, 1.54) is 31.0 Å². The summed E-state index contributed by atoms with van der Waals surface area (Å²) in [7, 11) is 0. The van der Waals surface area contributed by atoms with E-state index >= 15 is 0 Å². The van der Waals surface area contributed by atoms with Crippen LogP contribution in [0.25, 0.3) is 0 Å². The van der Waals surface area contributed by atoms with Gasteiger partial charge < -0.3 is 10.7 Å². The van der Waals surface area contributed by atoms with Crippen LogP contribution in [0, 0.1) is 10.1 Å². The standard InChI is InChI=1S/C13H18N4O3S/c14-16-9-4-5-12(17(19)20)11(7-9)13(18)15-8-10-3-1-2-6-21-10/h4-5,7,10,16H,1-3,6,8,14H2,(H,15,18). The maximum Gasteiger partial charge on any atom is 0.282 e. The number of carbonyl (C=O) groups excluding carboxylic acids is 1. The van der Waals surface area contributed by atoms with Crippen LogP contribution < -0.4 is 16.6 Å². The monoisotopic (exact) mass is 310 g/mol. The fourth-order valence-corrected chi connectivity index (χ4v) is 3.48. The highest BCUT2D eigenvalue weighted by Crippen LogP contribution is 2.25. The third kappa shape index (κ3) is 4.08. The van der Waals surface area contributed by atoms with Gasteiger partial charge in [-0.15, -0.1) is 0 Å². The SMILES string of the molecule is NNc1ccc([N+](=O)[O-])c(C(=O)NCC2CCCCS2)c1. The first-order valence-corrected chi connectivity index (χ1v) is 7.81. The summed E-state index contributed by atoms with van der Waals surface area (Å²) in [5.74, 6) is 5.95. The molecule has 0 spiro atoms. The van der Waals surface area contributed by atoms with Crippen LogP contribution in [0.5, 0.6) is 0 Å². The van der Waals surface area contributed by atoms with Crippen molar-refractivity contribution in [2.45, 2.75) is 24.5 Å². The second-order valence-electron chi connectivity index (χ2n) is 4.83. The zero-order valence-electron chi connectivity index (χ0n) is 11.5. The molecule has 1 atom stereocenters. The summed E-state index contributed by atoms with van der Waals surface area (Å²) in [6.45, 7) is 0.529. The smallest absolute Gasteiger partial charge is 0.282 e. The Morgan fingerprint density at radius 1 is 1.48 bits per heavy atom. The molecule has 1 aromatic carbocycles. The number of hydrogen-bond acceptors (Lipinski definition) is 6. The van der Waals surface area contributed by atoms with Crippen molar-refractivity contribution >= 4 is 29.0 Å². The van der Waals surface area contributed by atoms with Crippen LogP contribution in [0.3, 0.4) is 0 Å². The van der Waals surface area contributed by atoms with Gasteiger partial charge in [0.1, 0.15) is 5.56 Å². The van der Waals surface area contributed by atoms with E-state index in [0.29, 0.717) is 17.5 Å². The summed E-state index contributed by atoms with van der Waals surface area (Å²) >= 11 is 1.84. The highest BCUT2D eigenvalue weighted by Gasteiger charge is 2.22. The molecule has 21 heavy (non-hydrogen) atoms. The number of nitrogens with two attached hydrogens (primary N) is 1. The fraction of sp³-hybridized carbons (Fsp3) is 0.462. The Kier molecular flexibility index (Phi) is 5.40. The lowest BCUT2D eigenvalue weighted by atomic mass is 10.1. The van der Waals surface area contributed by atoms with Gasteiger partial charge in [0, 0.05) is 23.5 Å². The number of anilines is 1. The summed E-state index contributed by atoms with van der Waals surface area (Å²) in [5, 5.41) is 14.2. The molecule has 1 heterocycles. The molecule has 1 aromatic rings. The van der Waals surface area contributed by atoms with Crippen molar-refractivity contribution in [2.75, 3.05) is 17.7 Å². The number of nitrogens with one attached hydrogen (secondary N) is 2. The Bertz CT molecular complexity index is 532. The zero-order chi connectivity index (χ0) is 15.2. The van der Waals surface area contributed by atoms with Gasteiger partial charge in [-0.2, -0.15) is 11.8 Å². The quantitative estimate of drug-likeness (QED) is 0.435. The van der Waals surface area contributed by atoms with Crippen LogP contribution in [0.15, 0.2) is 18.2 Å². The van der Waals surface area contributed by atoms with Gasteiger partial charge in [0.2, 0.25) is 0 Å². The molecule has 0 aromatic heterocycles. The molecule has 0 aliphatic carbocycles. The first-order chi connectivity index (χ1) is 10.1. The summed E-state index contributed by atoms with van der Waals surface area (Å²) in [6, 6.07) is 4.13. The van der Waals surface area contributed by atoms with Crippen LogP contribution >= 0.6 is 11.8 Å². The molecular formula is C13H18N4O3S. The van der Waals surface area contributed by atoms with Crippen LogP contribution in [-0.4, -0.2) is 28.4 Å². The second kappa shape index (κ2) is 7.28. The van der Waals surface area contributed by atoms with Crippen LogP contribution in [0.4, 0.5) is 11.4 Å². The van der Waals surface area contributed by atoms with Crippen molar-refractivity contribution in [1.29, 1.82) is 0 Å².